The van der Waals surface area contributed by atoms with Gasteiger partial charge < -0.3 is 9.64 Å². The van der Waals surface area contributed by atoms with Crippen molar-refractivity contribution in [3.8, 4) is 0 Å². The summed E-state index contributed by atoms with van der Waals surface area (Å²) in [4.78, 5) is 27.9. The van der Waals surface area contributed by atoms with E-state index in [9.17, 15) is 9.59 Å². The minimum atomic E-state index is -0.605. The molecule has 6 nitrogen and oxygen atoms in total. The lowest BCUT2D eigenvalue weighted by molar-refractivity contribution is -0.121. The number of anilines is 1. The Labute approximate surface area is 160 Å². The molecule has 0 spiro atoms. The van der Waals surface area contributed by atoms with Crippen molar-refractivity contribution in [1.29, 1.82) is 0 Å². The van der Waals surface area contributed by atoms with Crippen LogP contribution in [0.2, 0.25) is 0 Å². The van der Waals surface area contributed by atoms with E-state index in [0.717, 1.165) is 22.5 Å². The fraction of sp³-hybridized carbons (Fsp3) is 0.250. The number of para-hydroxylation sites is 2. The molecule has 2 heterocycles. The Balaban J connectivity index is 1.49. The monoisotopic (exact) mass is 381 g/mol. The number of amides is 1. The van der Waals surface area contributed by atoms with Gasteiger partial charge in [0, 0.05) is 22.1 Å². The molecule has 1 aromatic heterocycles. The van der Waals surface area contributed by atoms with Gasteiger partial charge in [0.25, 0.3) is 5.91 Å². The standard InChI is InChI=1S/C20H19N3O3S/c1-13-10-11-23(16-8-4-5-9-17(16)27-13)18(24)12-26-20(25)19-14-6-2-3-7-15(14)21-22-19/h2-9,13H,10-12H2,1H3,(H,21,22)/t13-/m0/s1. The molecule has 4 rings (SSSR count). The summed E-state index contributed by atoms with van der Waals surface area (Å²) in [5.74, 6) is -0.836. The third-order valence-corrected chi connectivity index (χ3v) is 5.77. The van der Waals surface area contributed by atoms with Gasteiger partial charge in [-0.05, 0) is 24.6 Å². The number of benzene rings is 2. The maximum atomic E-state index is 12.8. The van der Waals surface area contributed by atoms with Crippen molar-refractivity contribution in [1.82, 2.24) is 10.2 Å². The van der Waals surface area contributed by atoms with Crippen molar-refractivity contribution in [2.24, 2.45) is 0 Å². The van der Waals surface area contributed by atoms with Gasteiger partial charge in [-0.15, -0.1) is 11.8 Å². The summed E-state index contributed by atoms with van der Waals surface area (Å²) < 4.78 is 5.27. The van der Waals surface area contributed by atoms with Gasteiger partial charge in [0.2, 0.25) is 0 Å². The van der Waals surface area contributed by atoms with Crippen LogP contribution >= 0.6 is 11.8 Å². The van der Waals surface area contributed by atoms with E-state index >= 15 is 0 Å². The molecule has 0 saturated carbocycles. The molecular weight excluding hydrogens is 362 g/mol. The first-order valence-electron chi connectivity index (χ1n) is 8.80. The molecule has 0 radical (unpaired) electrons. The Morgan fingerprint density at radius 1 is 1.22 bits per heavy atom. The lowest BCUT2D eigenvalue weighted by Gasteiger charge is -2.22. The number of carbonyl (C=O) groups is 2. The average molecular weight is 381 g/mol. The summed E-state index contributed by atoms with van der Waals surface area (Å²) in [6.07, 6.45) is 0.878. The van der Waals surface area contributed by atoms with Crippen LogP contribution in [-0.2, 0) is 9.53 Å². The van der Waals surface area contributed by atoms with E-state index in [0.29, 0.717) is 17.2 Å². The molecule has 138 valence electrons. The highest BCUT2D eigenvalue weighted by atomic mass is 32.2. The Morgan fingerprint density at radius 3 is 2.89 bits per heavy atom. The number of fused-ring (bicyclic) bond motifs is 2. The van der Waals surface area contributed by atoms with Gasteiger partial charge in [-0.3, -0.25) is 9.89 Å². The SMILES string of the molecule is C[C@H]1CCN(C(=O)COC(=O)c2n[nH]c3ccccc23)c2ccccc2S1. The fourth-order valence-electron chi connectivity index (χ4n) is 3.14. The maximum absolute atomic E-state index is 12.8. The van der Waals surface area contributed by atoms with Gasteiger partial charge in [0.15, 0.2) is 12.3 Å². The summed E-state index contributed by atoms with van der Waals surface area (Å²) in [6, 6.07) is 15.1. The molecule has 7 heteroatoms. The van der Waals surface area contributed by atoms with Gasteiger partial charge in [0.05, 0.1) is 11.2 Å². The fourth-order valence-corrected chi connectivity index (χ4v) is 4.25. The summed E-state index contributed by atoms with van der Waals surface area (Å²) in [5.41, 5.74) is 1.82. The molecule has 0 aliphatic carbocycles. The molecule has 1 amide bonds. The van der Waals surface area contributed by atoms with E-state index < -0.39 is 5.97 Å². The number of carbonyl (C=O) groups excluding carboxylic acids is 2. The van der Waals surface area contributed by atoms with Crippen LogP contribution in [0.4, 0.5) is 5.69 Å². The number of hydrogen-bond acceptors (Lipinski definition) is 5. The Morgan fingerprint density at radius 2 is 2.00 bits per heavy atom. The second-order valence-electron chi connectivity index (χ2n) is 6.42. The number of esters is 1. The van der Waals surface area contributed by atoms with Crippen LogP contribution in [0.3, 0.4) is 0 Å². The predicted molar refractivity (Wildman–Crippen MR) is 105 cm³/mol. The number of ether oxygens (including phenoxy) is 1. The zero-order valence-corrected chi connectivity index (χ0v) is 15.7. The topological polar surface area (TPSA) is 75.3 Å². The first-order chi connectivity index (χ1) is 13.1. The molecule has 1 atom stereocenters. The lowest BCUT2D eigenvalue weighted by Crippen LogP contribution is -2.35. The Hall–Kier alpha value is -2.80. The molecule has 0 bridgehead atoms. The third-order valence-electron chi connectivity index (χ3n) is 4.53. The number of rotatable bonds is 3. The van der Waals surface area contributed by atoms with E-state index in [4.69, 9.17) is 4.74 Å². The van der Waals surface area contributed by atoms with Crippen molar-refractivity contribution in [3.05, 3.63) is 54.2 Å². The van der Waals surface area contributed by atoms with Crippen LogP contribution in [0, 0.1) is 0 Å². The number of nitrogens with one attached hydrogen (secondary N) is 1. The first kappa shape index (κ1) is 17.6. The minimum absolute atomic E-state index is 0.193. The van der Waals surface area contributed by atoms with Crippen LogP contribution in [-0.4, -0.2) is 40.5 Å². The number of aromatic amines is 1. The smallest absolute Gasteiger partial charge is 0.359 e. The van der Waals surface area contributed by atoms with Gasteiger partial charge in [-0.1, -0.05) is 37.3 Å². The minimum Gasteiger partial charge on any atom is -0.451 e. The molecule has 0 fully saturated rings. The Bertz CT molecular complexity index is 1000. The van der Waals surface area contributed by atoms with Crippen molar-refractivity contribution in [3.63, 3.8) is 0 Å². The molecule has 1 N–H and O–H groups in total. The summed E-state index contributed by atoms with van der Waals surface area (Å²) in [5, 5.41) is 7.92. The maximum Gasteiger partial charge on any atom is 0.359 e. The van der Waals surface area contributed by atoms with Crippen molar-refractivity contribution in [2.45, 2.75) is 23.5 Å². The molecule has 27 heavy (non-hydrogen) atoms. The zero-order chi connectivity index (χ0) is 18.8. The van der Waals surface area contributed by atoms with Gasteiger partial charge in [-0.25, -0.2) is 4.79 Å². The number of aromatic nitrogens is 2. The number of thioether (sulfide) groups is 1. The van der Waals surface area contributed by atoms with Crippen molar-refractivity contribution >= 4 is 40.2 Å². The lowest BCUT2D eigenvalue weighted by atomic mass is 10.2. The zero-order valence-electron chi connectivity index (χ0n) is 14.8. The number of H-pyrrole nitrogens is 1. The Kier molecular flexibility index (Phi) is 4.85. The van der Waals surface area contributed by atoms with Gasteiger partial charge >= 0.3 is 5.97 Å². The highest BCUT2D eigenvalue weighted by Crippen LogP contribution is 2.37. The third kappa shape index (κ3) is 3.55. The molecular formula is C20H19N3O3S. The van der Waals surface area contributed by atoms with E-state index in [2.05, 4.69) is 17.1 Å². The second-order valence-corrected chi connectivity index (χ2v) is 7.90. The summed E-state index contributed by atoms with van der Waals surface area (Å²) >= 11 is 1.76. The highest BCUT2D eigenvalue weighted by molar-refractivity contribution is 8.00. The van der Waals surface area contributed by atoms with Crippen LogP contribution < -0.4 is 4.90 Å². The summed E-state index contributed by atoms with van der Waals surface area (Å²) in [7, 11) is 0. The molecule has 0 saturated heterocycles. The van der Waals surface area contributed by atoms with E-state index in [1.165, 1.54) is 0 Å². The van der Waals surface area contributed by atoms with Crippen molar-refractivity contribution in [2.75, 3.05) is 18.1 Å². The molecule has 3 aromatic rings. The van der Waals surface area contributed by atoms with Crippen molar-refractivity contribution < 1.29 is 14.3 Å². The normalized spacial score (nSPS) is 16.6. The average Bonchev–Trinajstić information content (AvgIpc) is 3.03. The number of hydrogen-bond donors (Lipinski definition) is 1. The largest absolute Gasteiger partial charge is 0.451 e. The summed E-state index contributed by atoms with van der Waals surface area (Å²) in [6.45, 7) is 2.44. The van der Waals surface area contributed by atoms with Crippen LogP contribution in [0.15, 0.2) is 53.4 Å². The first-order valence-corrected chi connectivity index (χ1v) is 9.68. The number of nitrogens with zero attached hydrogens (tertiary/aromatic N) is 2. The van der Waals surface area contributed by atoms with E-state index in [-0.39, 0.29) is 18.2 Å². The van der Waals surface area contributed by atoms with Gasteiger partial charge in [0.1, 0.15) is 0 Å². The van der Waals surface area contributed by atoms with E-state index in [1.807, 2.05) is 42.5 Å². The molecule has 1 aliphatic heterocycles. The van der Waals surface area contributed by atoms with Crippen LogP contribution in [0.1, 0.15) is 23.8 Å². The molecule has 1 aliphatic rings. The van der Waals surface area contributed by atoms with Crippen LogP contribution in [0.5, 0.6) is 0 Å². The van der Waals surface area contributed by atoms with E-state index in [1.54, 1.807) is 22.7 Å². The predicted octanol–water partition coefficient (Wildman–Crippen LogP) is 3.64. The quantitative estimate of drug-likeness (QED) is 0.701. The van der Waals surface area contributed by atoms with Gasteiger partial charge in [-0.2, -0.15) is 5.10 Å². The highest BCUT2D eigenvalue weighted by Gasteiger charge is 2.25. The van der Waals surface area contributed by atoms with Crippen LogP contribution in [0.25, 0.3) is 10.9 Å². The molecule has 0 unspecified atom stereocenters. The molecule has 2 aromatic carbocycles. The second kappa shape index (κ2) is 7.44.